The molecule has 13 heteroatoms. The summed E-state index contributed by atoms with van der Waals surface area (Å²) in [5, 5.41) is 19.1. The molecule has 0 saturated carbocycles. The first-order valence-corrected chi connectivity index (χ1v) is 21.2. The minimum atomic E-state index is -0.634. The molecule has 0 fully saturated rings. The van der Waals surface area contributed by atoms with Crippen molar-refractivity contribution in [3.8, 4) is 11.5 Å². The molecule has 0 aliphatic heterocycles. The first kappa shape index (κ1) is 47.5. The van der Waals surface area contributed by atoms with E-state index in [4.69, 9.17) is 4.74 Å². The first-order chi connectivity index (χ1) is 28.0. The molecule has 4 N–H and O–H groups in total. The number of hydrogen-bond donors (Lipinski definition) is 4. The van der Waals surface area contributed by atoms with Crippen molar-refractivity contribution in [3.63, 3.8) is 0 Å². The van der Waals surface area contributed by atoms with Crippen molar-refractivity contribution in [1.82, 2.24) is 20.9 Å². The molecular formula is C45H64N4O9. The second-order valence-electron chi connectivity index (χ2n) is 15.3. The number of fused-ring (bicyclic) bond motifs is 2. The lowest BCUT2D eigenvalue weighted by atomic mass is 9.83. The van der Waals surface area contributed by atoms with E-state index in [1.807, 2.05) is 0 Å². The molecule has 3 amide bonds. The zero-order valence-electron chi connectivity index (χ0n) is 34.6. The van der Waals surface area contributed by atoms with Gasteiger partial charge in [0.1, 0.15) is 5.78 Å². The van der Waals surface area contributed by atoms with Crippen LogP contribution in [-0.2, 0) is 24.0 Å². The number of ketones is 3. The van der Waals surface area contributed by atoms with Gasteiger partial charge in [0.05, 0.1) is 25.3 Å². The van der Waals surface area contributed by atoms with E-state index in [0.717, 1.165) is 96.3 Å². The lowest BCUT2D eigenvalue weighted by Crippen LogP contribution is -2.37. The normalized spacial score (nSPS) is 11.8. The third-order valence-corrected chi connectivity index (χ3v) is 10.3. The fraction of sp³-hybridized carbons (Fsp3) is 0.578. The summed E-state index contributed by atoms with van der Waals surface area (Å²) >= 11 is 0. The van der Waals surface area contributed by atoms with Gasteiger partial charge in [-0.05, 0) is 51.8 Å². The molecule has 1 aliphatic rings. The minimum absolute atomic E-state index is 0.0280. The van der Waals surface area contributed by atoms with Crippen LogP contribution in [0.4, 0.5) is 0 Å². The summed E-state index contributed by atoms with van der Waals surface area (Å²) in [6.45, 7) is 2.35. The quantitative estimate of drug-likeness (QED) is 0.0235. The number of carbonyl (C=O) groups excluding carboxylic acids is 7. The average Bonchev–Trinajstić information content (AvgIpc) is 3.20. The number of ether oxygens (including phenoxy) is 1. The number of phenols is 1. The number of esters is 1. The van der Waals surface area contributed by atoms with Crippen LogP contribution in [-0.4, -0.2) is 78.0 Å². The molecule has 2 aromatic rings. The standard InChI is InChI=1S/C45H64N4O9/c1-33(50)21-15-11-7-3-4-8-12-16-24-38(51)46-31-47-39(52)25-17-13-9-5-6-10-14-18-26-40(53)48-32-49(2)30-29-41(54)58-37-28-27-36-42(45(37)57)44(56)35-23-20-19-22-34(35)43(36)55/h19-20,22-23,27-28,57H,3-18,21,24-26,29-32H2,1-2H3,(H,46,51)(H,47,52)(H,48,53). The molecule has 0 bridgehead atoms. The van der Waals surface area contributed by atoms with Gasteiger partial charge in [-0.3, -0.25) is 33.7 Å². The molecule has 0 saturated heterocycles. The van der Waals surface area contributed by atoms with Crippen LogP contribution in [0.25, 0.3) is 0 Å². The Morgan fingerprint density at radius 1 is 0.569 bits per heavy atom. The van der Waals surface area contributed by atoms with E-state index in [2.05, 4.69) is 16.0 Å². The van der Waals surface area contributed by atoms with Crippen LogP contribution >= 0.6 is 0 Å². The highest BCUT2D eigenvalue weighted by molar-refractivity contribution is 6.29. The molecule has 13 nitrogen and oxygen atoms in total. The van der Waals surface area contributed by atoms with E-state index in [-0.39, 0.29) is 83.6 Å². The smallest absolute Gasteiger partial charge is 0.312 e. The zero-order chi connectivity index (χ0) is 42.1. The van der Waals surface area contributed by atoms with Crippen molar-refractivity contribution in [3.05, 3.63) is 58.7 Å². The molecule has 0 heterocycles. The average molecular weight is 805 g/mol. The van der Waals surface area contributed by atoms with Crippen molar-refractivity contribution in [2.24, 2.45) is 0 Å². The van der Waals surface area contributed by atoms with Crippen LogP contribution < -0.4 is 20.7 Å². The topological polar surface area (TPSA) is 188 Å². The third-order valence-electron chi connectivity index (χ3n) is 10.3. The van der Waals surface area contributed by atoms with Gasteiger partial charge in [-0.15, -0.1) is 0 Å². The third kappa shape index (κ3) is 17.7. The number of nitrogens with one attached hydrogen (secondary N) is 3. The highest BCUT2D eigenvalue weighted by Crippen LogP contribution is 2.38. The zero-order valence-corrected chi connectivity index (χ0v) is 34.6. The van der Waals surface area contributed by atoms with Crippen LogP contribution in [0.5, 0.6) is 11.5 Å². The van der Waals surface area contributed by atoms with E-state index in [1.165, 1.54) is 24.6 Å². The fourth-order valence-electron chi connectivity index (χ4n) is 6.85. The van der Waals surface area contributed by atoms with E-state index >= 15 is 0 Å². The Balaban J connectivity index is 1.11. The van der Waals surface area contributed by atoms with E-state index in [1.54, 1.807) is 37.1 Å². The second-order valence-corrected chi connectivity index (χ2v) is 15.3. The van der Waals surface area contributed by atoms with Crippen molar-refractivity contribution in [2.45, 2.75) is 142 Å². The van der Waals surface area contributed by atoms with Crippen molar-refractivity contribution in [2.75, 3.05) is 26.9 Å². The molecule has 318 valence electrons. The number of Topliss-reactive ketones (excluding diaryl/α,β-unsaturated/α-hetero) is 1. The molecule has 3 rings (SSSR count). The van der Waals surface area contributed by atoms with Crippen LogP contribution in [0.15, 0.2) is 36.4 Å². The second kappa shape index (κ2) is 26.9. The van der Waals surface area contributed by atoms with Crippen LogP contribution in [0, 0.1) is 0 Å². The highest BCUT2D eigenvalue weighted by atomic mass is 16.5. The number of carbonyl (C=O) groups is 7. The number of aromatic hydroxyl groups is 1. The molecule has 2 aromatic carbocycles. The lowest BCUT2D eigenvalue weighted by Gasteiger charge is -2.20. The van der Waals surface area contributed by atoms with Gasteiger partial charge >= 0.3 is 5.97 Å². The highest BCUT2D eigenvalue weighted by Gasteiger charge is 2.33. The monoisotopic (exact) mass is 804 g/mol. The molecule has 1 aliphatic carbocycles. The van der Waals surface area contributed by atoms with Gasteiger partial charge in [-0.2, -0.15) is 0 Å². The number of amides is 3. The van der Waals surface area contributed by atoms with Gasteiger partial charge in [0, 0.05) is 48.9 Å². The fourth-order valence-corrected chi connectivity index (χ4v) is 6.85. The van der Waals surface area contributed by atoms with Gasteiger partial charge in [-0.25, -0.2) is 0 Å². The molecule has 0 aromatic heterocycles. The van der Waals surface area contributed by atoms with Crippen LogP contribution in [0.3, 0.4) is 0 Å². The summed E-state index contributed by atoms with van der Waals surface area (Å²) in [5.74, 6) is -2.16. The van der Waals surface area contributed by atoms with E-state index < -0.39 is 17.5 Å². The SMILES string of the molecule is CC(=O)CCCCCCCCCCC(=O)NCNC(=O)CCCCCCCCCCC(=O)NCN(C)CCC(=O)Oc1ccc2c(c1O)C(=O)c1ccccc1C2=O. The Labute approximate surface area is 343 Å². The number of benzene rings is 2. The van der Waals surface area contributed by atoms with Crippen LogP contribution in [0.1, 0.15) is 174 Å². The van der Waals surface area contributed by atoms with Gasteiger partial charge in [-0.1, -0.05) is 101 Å². The Kier molecular flexibility index (Phi) is 22.0. The number of unbranched alkanes of at least 4 members (excludes halogenated alkanes) is 14. The lowest BCUT2D eigenvalue weighted by molar-refractivity contribution is -0.135. The maximum Gasteiger partial charge on any atom is 0.312 e. The number of hydrogen-bond acceptors (Lipinski definition) is 10. The molecule has 0 radical (unpaired) electrons. The number of nitrogens with zero attached hydrogens (tertiary/aromatic N) is 1. The van der Waals surface area contributed by atoms with Crippen molar-refractivity contribution >= 4 is 41.0 Å². The molecule has 58 heavy (non-hydrogen) atoms. The predicted molar refractivity (Wildman–Crippen MR) is 221 cm³/mol. The Hall–Kier alpha value is -4.91. The van der Waals surface area contributed by atoms with Crippen LogP contribution in [0.2, 0.25) is 0 Å². The van der Waals surface area contributed by atoms with Crippen molar-refractivity contribution in [1.29, 1.82) is 0 Å². The summed E-state index contributed by atoms with van der Waals surface area (Å²) in [5.41, 5.74) is 0.328. The van der Waals surface area contributed by atoms with Gasteiger partial charge in [0.2, 0.25) is 17.7 Å². The molecule has 0 spiro atoms. The summed E-state index contributed by atoms with van der Waals surface area (Å²) in [4.78, 5) is 87.5. The molecule has 0 atom stereocenters. The molecule has 0 unspecified atom stereocenters. The first-order valence-electron chi connectivity index (χ1n) is 21.2. The Morgan fingerprint density at radius 3 is 1.52 bits per heavy atom. The molecular weight excluding hydrogens is 741 g/mol. The Morgan fingerprint density at radius 2 is 1.02 bits per heavy atom. The van der Waals surface area contributed by atoms with Gasteiger partial charge < -0.3 is 30.6 Å². The summed E-state index contributed by atoms with van der Waals surface area (Å²) in [7, 11) is 1.76. The van der Waals surface area contributed by atoms with Crippen molar-refractivity contribution < 1.29 is 43.4 Å². The van der Waals surface area contributed by atoms with E-state index in [0.29, 0.717) is 25.7 Å². The summed E-state index contributed by atoms with van der Waals surface area (Å²) < 4.78 is 5.33. The maximum absolute atomic E-state index is 13.0. The van der Waals surface area contributed by atoms with Gasteiger partial charge in [0.15, 0.2) is 23.1 Å². The van der Waals surface area contributed by atoms with Gasteiger partial charge in [0.25, 0.3) is 0 Å². The number of phenolic OH excluding ortho intramolecular Hbond substituents is 1. The van der Waals surface area contributed by atoms with E-state index in [9.17, 15) is 38.7 Å². The largest absolute Gasteiger partial charge is 0.504 e. The predicted octanol–water partition coefficient (Wildman–Crippen LogP) is 7.05. The Bertz CT molecular complexity index is 1690. The minimum Gasteiger partial charge on any atom is -0.504 e. The summed E-state index contributed by atoms with van der Waals surface area (Å²) in [6, 6.07) is 9.06. The summed E-state index contributed by atoms with van der Waals surface area (Å²) in [6.07, 6.45) is 18.4. The number of rotatable bonds is 30. The maximum atomic E-state index is 13.0.